The molecule has 4 rings (SSSR count). The van der Waals surface area contributed by atoms with Gasteiger partial charge in [-0.05, 0) is 68.6 Å². The van der Waals surface area contributed by atoms with Crippen molar-refractivity contribution in [2.75, 3.05) is 18.2 Å². The zero-order chi connectivity index (χ0) is 33.4. The van der Waals surface area contributed by atoms with Crippen LogP contribution >= 0.6 is 34.7 Å². The van der Waals surface area contributed by atoms with Crippen LogP contribution in [0.25, 0.3) is 0 Å². The minimum Gasteiger partial charge on any atom is -0.468 e. The summed E-state index contributed by atoms with van der Waals surface area (Å²) >= 11 is 8.17. The number of halogens is 2. The van der Waals surface area contributed by atoms with Gasteiger partial charge < -0.3 is 10.1 Å². The van der Waals surface area contributed by atoms with E-state index in [1.807, 2.05) is 13.8 Å². The predicted octanol–water partition coefficient (Wildman–Crippen LogP) is 6.52. The topological polar surface area (TPSA) is 164 Å². The van der Waals surface area contributed by atoms with E-state index >= 15 is 0 Å². The van der Waals surface area contributed by atoms with Crippen molar-refractivity contribution in [3.05, 3.63) is 74.9 Å². The molecule has 0 fully saturated rings. The largest absolute Gasteiger partial charge is 0.468 e. The van der Waals surface area contributed by atoms with Crippen molar-refractivity contribution < 1.29 is 23.8 Å². The molecule has 1 aliphatic rings. The Kier molecular flexibility index (Phi) is 12.7. The zero-order valence-electron chi connectivity index (χ0n) is 25.4. The maximum Gasteiger partial charge on any atom is 0.325 e. The first-order chi connectivity index (χ1) is 21.3. The SMILES string of the molecule is CCC(CC)Nc1c([N+](=O)[O-])cc(C)c(C)c1[N+](=O)[O-].COC(=O)CSc1cc(N=c2sc(=O)n3n2CCCC3)c(F)cc1Cl. The molecule has 1 aromatic heterocycles. The summed E-state index contributed by atoms with van der Waals surface area (Å²) in [5, 5.41) is 25.6. The summed E-state index contributed by atoms with van der Waals surface area (Å²) < 4.78 is 22.3. The van der Waals surface area contributed by atoms with Crippen LogP contribution in [0.4, 0.5) is 27.1 Å². The number of nitro benzene ring substituents is 2. The Morgan fingerprint density at radius 1 is 1.16 bits per heavy atom. The highest BCUT2D eigenvalue weighted by molar-refractivity contribution is 8.00. The highest BCUT2D eigenvalue weighted by Gasteiger charge is 2.30. The molecule has 0 bridgehead atoms. The first-order valence-electron chi connectivity index (χ1n) is 14.1. The minimum absolute atomic E-state index is 0.0109. The van der Waals surface area contributed by atoms with Crippen molar-refractivity contribution in [3.63, 3.8) is 0 Å². The first-order valence-corrected chi connectivity index (χ1v) is 16.2. The zero-order valence-corrected chi connectivity index (χ0v) is 27.8. The second-order valence-electron chi connectivity index (χ2n) is 10.0. The molecule has 244 valence electrons. The Bertz CT molecular complexity index is 1720. The highest BCUT2D eigenvalue weighted by atomic mass is 35.5. The summed E-state index contributed by atoms with van der Waals surface area (Å²) in [5.41, 5.74) is 0.638. The van der Waals surface area contributed by atoms with Gasteiger partial charge in [0.25, 0.3) is 5.69 Å². The average molecular weight is 685 g/mol. The Labute approximate surface area is 271 Å². The lowest BCUT2D eigenvalue weighted by atomic mass is 10.0. The number of nitro groups is 2. The van der Waals surface area contributed by atoms with Crippen LogP contribution in [0.2, 0.25) is 5.02 Å². The molecule has 3 aromatic rings. The number of nitrogens with zero attached hydrogens (tertiary/aromatic N) is 5. The van der Waals surface area contributed by atoms with Gasteiger partial charge in [0.15, 0.2) is 5.69 Å². The first kappa shape index (κ1) is 35.7. The van der Waals surface area contributed by atoms with Crippen LogP contribution in [0.3, 0.4) is 0 Å². The van der Waals surface area contributed by atoms with Crippen molar-refractivity contribution in [2.24, 2.45) is 4.99 Å². The third-order valence-corrected chi connectivity index (χ3v) is 9.51. The molecule has 17 heteroatoms. The number of rotatable bonds is 10. The molecule has 2 aromatic carbocycles. The lowest BCUT2D eigenvalue weighted by molar-refractivity contribution is -0.392. The van der Waals surface area contributed by atoms with Gasteiger partial charge in [0.05, 0.1) is 27.7 Å². The predicted molar refractivity (Wildman–Crippen MR) is 172 cm³/mol. The third kappa shape index (κ3) is 8.70. The van der Waals surface area contributed by atoms with Gasteiger partial charge in [-0.25, -0.2) is 14.1 Å². The highest BCUT2D eigenvalue weighted by Crippen LogP contribution is 2.39. The number of aryl methyl sites for hydroxylation is 1. The van der Waals surface area contributed by atoms with Gasteiger partial charge in [-0.3, -0.25) is 34.5 Å². The number of fused-ring (bicyclic) bond motifs is 1. The maximum atomic E-state index is 14.3. The Balaban J connectivity index is 0.000000253. The van der Waals surface area contributed by atoms with Gasteiger partial charge in [0.2, 0.25) is 4.80 Å². The number of aromatic nitrogens is 2. The van der Waals surface area contributed by atoms with Gasteiger partial charge in [-0.1, -0.05) is 25.4 Å². The molecule has 0 radical (unpaired) electrons. The number of carbonyl (C=O) groups is 1. The lowest BCUT2D eigenvalue weighted by Crippen LogP contribution is -2.31. The van der Waals surface area contributed by atoms with Crippen LogP contribution in [-0.2, 0) is 22.6 Å². The van der Waals surface area contributed by atoms with Crippen LogP contribution in [-0.4, -0.2) is 44.1 Å². The van der Waals surface area contributed by atoms with E-state index in [2.05, 4.69) is 15.0 Å². The van der Waals surface area contributed by atoms with Crippen LogP contribution in [0, 0.1) is 39.9 Å². The number of methoxy groups -OCH3 is 1. The number of hydrogen-bond acceptors (Lipinski definition) is 11. The number of esters is 1. The number of hydrogen-bond donors (Lipinski definition) is 1. The van der Waals surface area contributed by atoms with Crippen LogP contribution in [0.1, 0.15) is 50.7 Å². The van der Waals surface area contributed by atoms with E-state index < -0.39 is 21.6 Å². The van der Waals surface area contributed by atoms with E-state index in [0.717, 1.165) is 54.8 Å². The fourth-order valence-electron chi connectivity index (χ4n) is 4.52. The molecular formula is C28H34ClFN6O7S2. The molecule has 2 heterocycles. The Morgan fingerprint density at radius 2 is 1.80 bits per heavy atom. The number of anilines is 1. The quantitative estimate of drug-likeness (QED) is 0.108. The second kappa shape index (κ2) is 16.0. The van der Waals surface area contributed by atoms with Crippen molar-refractivity contribution in [1.82, 2.24) is 9.36 Å². The monoisotopic (exact) mass is 684 g/mol. The summed E-state index contributed by atoms with van der Waals surface area (Å²) in [5.74, 6) is -0.923. The summed E-state index contributed by atoms with van der Waals surface area (Å²) in [6.07, 6.45) is 3.36. The van der Waals surface area contributed by atoms with E-state index in [0.29, 0.717) is 33.9 Å². The van der Waals surface area contributed by atoms with Gasteiger partial charge >= 0.3 is 16.5 Å². The van der Waals surface area contributed by atoms with Gasteiger partial charge in [0, 0.05) is 35.7 Å². The fourth-order valence-corrected chi connectivity index (χ4v) is 6.51. The molecule has 0 amide bonds. The maximum absolute atomic E-state index is 14.3. The molecule has 1 N–H and O–H groups in total. The van der Waals surface area contributed by atoms with Crippen LogP contribution in [0.5, 0.6) is 0 Å². The molecule has 0 atom stereocenters. The van der Waals surface area contributed by atoms with Gasteiger partial charge in [-0.15, -0.1) is 11.8 Å². The number of ether oxygens (including phenoxy) is 1. The summed E-state index contributed by atoms with van der Waals surface area (Å²) in [6.45, 7) is 8.43. The fraction of sp³-hybridized carbons (Fsp3) is 0.464. The minimum atomic E-state index is -0.580. The molecule has 0 saturated carbocycles. The normalized spacial score (nSPS) is 12.8. The number of benzene rings is 2. The van der Waals surface area contributed by atoms with Crippen molar-refractivity contribution in [3.8, 4) is 0 Å². The number of nitrogens with one attached hydrogen (secondary N) is 1. The molecule has 13 nitrogen and oxygen atoms in total. The van der Waals surface area contributed by atoms with E-state index in [4.69, 9.17) is 11.6 Å². The molecule has 0 spiro atoms. The average Bonchev–Trinajstić information content (AvgIpc) is 3.32. The standard InChI is InChI=1S/C15H15ClFN3O3S2.C13H19N3O4/c1-23-13(21)8-24-12-7-11(10(17)6-9(12)16)18-14-19-4-2-3-5-20(19)15(22)25-14;1-5-10(6-2)14-12-11(15(17)18)7-8(3)9(4)13(12)16(19)20/h6-7H,2-5,8H2,1H3;7,10,14H,5-6H2,1-4H3. The van der Waals surface area contributed by atoms with Crippen molar-refractivity contribution >= 4 is 63.4 Å². The van der Waals surface area contributed by atoms with Crippen molar-refractivity contribution in [1.29, 1.82) is 0 Å². The molecule has 45 heavy (non-hydrogen) atoms. The van der Waals surface area contributed by atoms with E-state index in [1.165, 1.54) is 19.2 Å². The summed E-state index contributed by atoms with van der Waals surface area (Å²) in [6, 6.07) is 3.99. The van der Waals surface area contributed by atoms with E-state index in [9.17, 15) is 34.2 Å². The number of thioether (sulfide) groups is 1. The summed E-state index contributed by atoms with van der Waals surface area (Å²) in [7, 11) is 1.30. The Morgan fingerprint density at radius 3 is 2.38 bits per heavy atom. The lowest BCUT2D eigenvalue weighted by Gasteiger charge is -2.17. The van der Waals surface area contributed by atoms with Crippen LogP contribution < -0.4 is 15.0 Å². The number of carbonyl (C=O) groups excluding carboxylic acids is 1. The summed E-state index contributed by atoms with van der Waals surface area (Å²) in [4.78, 5) is 49.8. The molecule has 0 aliphatic carbocycles. The smallest absolute Gasteiger partial charge is 0.325 e. The molecule has 0 saturated heterocycles. The van der Waals surface area contributed by atoms with E-state index in [-0.39, 0.29) is 44.4 Å². The van der Waals surface area contributed by atoms with Gasteiger partial charge in [0.1, 0.15) is 11.5 Å². The van der Waals surface area contributed by atoms with E-state index in [1.54, 1.807) is 23.2 Å². The molecule has 1 aliphatic heterocycles. The molecule has 0 unspecified atom stereocenters. The third-order valence-electron chi connectivity index (χ3n) is 7.19. The van der Waals surface area contributed by atoms with Crippen LogP contribution in [0.15, 0.2) is 32.9 Å². The van der Waals surface area contributed by atoms with Gasteiger partial charge in [-0.2, -0.15) is 0 Å². The van der Waals surface area contributed by atoms with Crippen molar-refractivity contribution in [2.45, 2.75) is 77.4 Å². The Hall–Kier alpha value is -3.76. The molecular weight excluding hydrogens is 651 g/mol. The second-order valence-corrected chi connectivity index (χ2v) is 12.4.